The molecule has 15 heavy (non-hydrogen) atoms. The number of carbonyl (C=O) groups is 1. The number of carbonyl (C=O) groups excluding carboxylic acids is 1. The van der Waals surface area contributed by atoms with Crippen molar-refractivity contribution in [3.63, 3.8) is 0 Å². The smallest absolute Gasteiger partial charge is 0.410 e. The lowest BCUT2D eigenvalue weighted by Crippen LogP contribution is -2.56. The Labute approximate surface area is 91.5 Å². The van der Waals surface area contributed by atoms with Crippen LogP contribution in [0.25, 0.3) is 0 Å². The molecule has 4 heteroatoms. The van der Waals surface area contributed by atoms with E-state index in [9.17, 15) is 4.79 Å². The fourth-order valence-electron chi connectivity index (χ4n) is 1.51. The molecule has 1 saturated heterocycles. The Balaban J connectivity index is 2.65. The van der Waals surface area contributed by atoms with Crippen molar-refractivity contribution >= 4 is 6.09 Å². The maximum Gasteiger partial charge on any atom is 0.410 e. The Hall–Kier alpha value is -0.770. The van der Waals surface area contributed by atoms with Crippen molar-refractivity contribution in [1.29, 1.82) is 0 Å². The van der Waals surface area contributed by atoms with Gasteiger partial charge in [0.15, 0.2) is 0 Å². The molecule has 0 saturated carbocycles. The number of hydrogen-bond donors (Lipinski definition) is 0. The van der Waals surface area contributed by atoms with Gasteiger partial charge in [-0.1, -0.05) is 0 Å². The molecule has 1 heterocycles. The van der Waals surface area contributed by atoms with Gasteiger partial charge in [-0.25, -0.2) is 4.79 Å². The van der Waals surface area contributed by atoms with E-state index in [2.05, 4.69) is 0 Å². The van der Waals surface area contributed by atoms with Crippen LogP contribution in [0.15, 0.2) is 0 Å². The van der Waals surface area contributed by atoms with Gasteiger partial charge in [-0.2, -0.15) is 0 Å². The molecule has 0 unspecified atom stereocenters. The topological polar surface area (TPSA) is 38.8 Å². The van der Waals surface area contributed by atoms with Crippen LogP contribution in [0.4, 0.5) is 4.79 Å². The molecule has 1 amide bonds. The van der Waals surface area contributed by atoms with Crippen LogP contribution in [0.1, 0.15) is 34.6 Å². The fourth-order valence-corrected chi connectivity index (χ4v) is 1.51. The van der Waals surface area contributed by atoms with Gasteiger partial charge in [0.05, 0.1) is 18.8 Å². The van der Waals surface area contributed by atoms with Gasteiger partial charge in [0, 0.05) is 6.54 Å². The highest BCUT2D eigenvalue weighted by atomic mass is 16.6. The average Bonchev–Trinajstić information content (AvgIpc) is 1.99. The molecular weight excluding hydrogens is 194 g/mol. The van der Waals surface area contributed by atoms with Crippen molar-refractivity contribution in [2.24, 2.45) is 0 Å². The molecule has 1 aliphatic rings. The summed E-state index contributed by atoms with van der Waals surface area (Å²) in [6, 6.07) is 0. The number of nitrogens with zero attached hydrogens (tertiary/aromatic N) is 1. The summed E-state index contributed by atoms with van der Waals surface area (Å²) >= 11 is 0. The average molecular weight is 215 g/mol. The predicted octanol–water partition coefficient (Wildman–Crippen LogP) is 2.03. The van der Waals surface area contributed by atoms with E-state index in [0.29, 0.717) is 19.8 Å². The zero-order chi connectivity index (χ0) is 11.7. The maximum absolute atomic E-state index is 11.9. The molecule has 88 valence electrons. The summed E-state index contributed by atoms with van der Waals surface area (Å²) in [5.74, 6) is 0. The van der Waals surface area contributed by atoms with E-state index >= 15 is 0 Å². The Morgan fingerprint density at radius 1 is 1.40 bits per heavy atom. The van der Waals surface area contributed by atoms with Crippen LogP contribution >= 0.6 is 0 Å². The third-order valence-electron chi connectivity index (χ3n) is 2.26. The van der Waals surface area contributed by atoms with Crippen LogP contribution in [-0.2, 0) is 9.47 Å². The van der Waals surface area contributed by atoms with Crippen LogP contribution in [-0.4, -0.2) is 41.9 Å². The van der Waals surface area contributed by atoms with Crippen molar-refractivity contribution in [3.8, 4) is 0 Å². The first-order chi connectivity index (χ1) is 6.72. The lowest BCUT2D eigenvalue weighted by Gasteiger charge is -2.42. The van der Waals surface area contributed by atoms with E-state index in [4.69, 9.17) is 9.47 Å². The van der Waals surface area contributed by atoms with E-state index in [1.54, 1.807) is 4.90 Å². The summed E-state index contributed by atoms with van der Waals surface area (Å²) in [5, 5.41) is 0. The van der Waals surface area contributed by atoms with Crippen molar-refractivity contribution in [2.45, 2.75) is 45.8 Å². The highest BCUT2D eigenvalue weighted by Gasteiger charge is 2.36. The normalized spacial score (nSPS) is 21.3. The first kappa shape index (κ1) is 12.3. The van der Waals surface area contributed by atoms with E-state index in [0.717, 1.165) is 0 Å². The molecule has 0 aliphatic carbocycles. The van der Waals surface area contributed by atoms with E-state index in [-0.39, 0.29) is 11.6 Å². The van der Waals surface area contributed by atoms with Crippen molar-refractivity contribution in [2.75, 3.05) is 19.8 Å². The molecule has 0 N–H and O–H groups in total. The van der Waals surface area contributed by atoms with Crippen LogP contribution < -0.4 is 0 Å². The standard InChI is InChI=1S/C11H21NO3/c1-10(2,3)15-9(13)12-6-7-14-8-11(12,4)5/h6-8H2,1-5H3. The first-order valence-electron chi connectivity index (χ1n) is 5.31. The highest BCUT2D eigenvalue weighted by molar-refractivity contribution is 5.69. The first-order valence-corrected chi connectivity index (χ1v) is 5.31. The Kier molecular flexibility index (Phi) is 3.28. The molecule has 0 radical (unpaired) electrons. The number of amides is 1. The summed E-state index contributed by atoms with van der Waals surface area (Å²) in [6.07, 6.45) is -0.254. The molecule has 4 nitrogen and oxygen atoms in total. The van der Waals surface area contributed by atoms with Crippen molar-refractivity contribution in [3.05, 3.63) is 0 Å². The Morgan fingerprint density at radius 2 is 2.00 bits per heavy atom. The Bertz CT molecular complexity index is 243. The zero-order valence-corrected chi connectivity index (χ0v) is 10.3. The molecule has 0 bridgehead atoms. The number of rotatable bonds is 0. The summed E-state index contributed by atoms with van der Waals surface area (Å²) in [5.41, 5.74) is -0.716. The van der Waals surface area contributed by atoms with Crippen LogP contribution in [0.2, 0.25) is 0 Å². The van der Waals surface area contributed by atoms with Gasteiger partial charge in [0.2, 0.25) is 0 Å². The molecule has 0 atom stereocenters. The molecular formula is C11H21NO3. The summed E-state index contributed by atoms with van der Waals surface area (Å²) in [7, 11) is 0. The zero-order valence-electron chi connectivity index (χ0n) is 10.3. The third-order valence-corrected chi connectivity index (χ3v) is 2.26. The second kappa shape index (κ2) is 4.00. The minimum Gasteiger partial charge on any atom is -0.444 e. The lowest BCUT2D eigenvalue weighted by molar-refractivity contribution is -0.0615. The lowest BCUT2D eigenvalue weighted by atomic mass is 10.0. The minimum atomic E-state index is -0.439. The van der Waals surface area contributed by atoms with Crippen LogP contribution in [0.3, 0.4) is 0 Å². The summed E-state index contributed by atoms with van der Waals surface area (Å²) < 4.78 is 10.7. The number of ether oxygens (including phenoxy) is 2. The second-order valence-electron chi connectivity index (χ2n) is 5.50. The quantitative estimate of drug-likeness (QED) is 0.620. The summed E-state index contributed by atoms with van der Waals surface area (Å²) in [6.45, 7) is 11.3. The predicted molar refractivity (Wildman–Crippen MR) is 57.8 cm³/mol. The largest absolute Gasteiger partial charge is 0.444 e. The van der Waals surface area contributed by atoms with E-state index in [1.165, 1.54) is 0 Å². The monoisotopic (exact) mass is 215 g/mol. The van der Waals surface area contributed by atoms with Crippen LogP contribution in [0.5, 0.6) is 0 Å². The van der Waals surface area contributed by atoms with E-state index < -0.39 is 5.60 Å². The van der Waals surface area contributed by atoms with Gasteiger partial charge < -0.3 is 9.47 Å². The van der Waals surface area contributed by atoms with E-state index in [1.807, 2.05) is 34.6 Å². The fraction of sp³-hybridized carbons (Fsp3) is 0.909. The maximum atomic E-state index is 11.9. The second-order valence-corrected chi connectivity index (χ2v) is 5.50. The SMILES string of the molecule is CC(C)(C)OC(=O)N1CCOCC1(C)C. The molecule has 0 spiro atoms. The number of hydrogen-bond acceptors (Lipinski definition) is 3. The molecule has 1 fully saturated rings. The Morgan fingerprint density at radius 3 is 2.47 bits per heavy atom. The van der Waals surface area contributed by atoms with Gasteiger partial charge in [-0.05, 0) is 34.6 Å². The molecule has 1 rings (SSSR count). The van der Waals surface area contributed by atoms with Gasteiger partial charge in [-0.3, -0.25) is 4.90 Å². The van der Waals surface area contributed by atoms with Crippen molar-refractivity contribution in [1.82, 2.24) is 4.90 Å². The number of morpholine rings is 1. The van der Waals surface area contributed by atoms with Gasteiger partial charge in [0.1, 0.15) is 5.60 Å². The minimum absolute atomic E-state index is 0.254. The molecule has 0 aromatic heterocycles. The van der Waals surface area contributed by atoms with Gasteiger partial charge in [0.25, 0.3) is 0 Å². The molecule has 1 aliphatic heterocycles. The highest BCUT2D eigenvalue weighted by Crippen LogP contribution is 2.21. The summed E-state index contributed by atoms with van der Waals surface area (Å²) in [4.78, 5) is 13.6. The van der Waals surface area contributed by atoms with Gasteiger partial charge in [-0.15, -0.1) is 0 Å². The molecule has 0 aromatic carbocycles. The van der Waals surface area contributed by atoms with Gasteiger partial charge >= 0.3 is 6.09 Å². The third kappa shape index (κ3) is 3.38. The molecule has 0 aromatic rings. The van der Waals surface area contributed by atoms with Crippen LogP contribution in [0, 0.1) is 0 Å². The van der Waals surface area contributed by atoms with Crippen molar-refractivity contribution < 1.29 is 14.3 Å².